The third-order valence-electron chi connectivity index (χ3n) is 3.04. The number of likely N-dealkylation sites (tertiary alicyclic amines) is 1. The second kappa shape index (κ2) is 5.11. The maximum Gasteiger partial charge on any atom is 0.130 e. The number of nitrogens with zero attached hydrogens (tertiary/aromatic N) is 2. The molecule has 1 aliphatic heterocycles. The van der Waals surface area contributed by atoms with Gasteiger partial charge in [0.1, 0.15) is 5.15 Å². The maximum atomic E-state index is 10.1. The molecule has 17 heavy (non-hydrogen) atoms. The zero-order valence-electron chi connectivity index (χ0n) is 9.79. The van der Waals surface area contributed by atoms with Gasteiger partial charge >= 0.3 is 0 Å². The third kappa shape index (κ3) is 3.10. The largest absolute Gasteiger partial charge is 0.387 e. The summed E-state index contributed by atoms with van der Waals surface area (Å²) in [6.07, 6.45) is 3.56. The molecular weight excluding hydrogens is 259 g/mol. The molecule has 0 bridgehead atoms. The van der Waals surface area contributed by atoms with Crippen LogP contribution in [0.4, 0.5) is 0 Å². The van der Waals surface area contributed by atoms with Crippen LogP contribution in [0.25, 0.3) is 0 Å². The van der Waals surface area contributed by atoms with Gasteiger partial charge < -0.3 is 5.11 Å². The molecule has 0 spiro atoms. The Balaban J connectivity index is 1.91. The number of halogens is 2. The van der Waals surface area contributed by atoms with E-state index in [9.17, 15) is 5.11 Å². The summed E-state index contributed by atoms with van der Waals surface area (Å²) in [4.78, 5) is 6.18. The van der Waals surface area contributed by atoms with Crippen LogP contribution in [0.5, 0.6) is 0 Å². The summed E-state index contributed by atoms with van der Waals surface area (Å²) in [5.41, 5.74) is 0.454. The lowest BCUT2D eigenvalue weighted by molar-refractivity contribution is -0.106. The van der Waals surface area contributed by atoms with Crippen LogP contribution in [-0.4, -0.2) is 33.7 Å². The van der Waals surface area contributed by atoms with E-state index in [1.807, 2.05) is 0 Å². The third-order valence-corrected chi connectivity index (χ3v) is 3.60. The first kappa shape index (κ1) is 13.1. The second-order valence-electron chi connectivity index (χ2n) is 4.72. The highest BCUT2D eigenvalue weighted by molar-refractivity contribution is 6.34. The summed E-state index contributed by atoms with van der Waals surface area (Å²) in [7, 11) is 0. The highest BCUT2D eigenvalue weighted by atomic mass is 35.5. The molecule has 2 heterocycles. The summed E-state index contributed by atoms with van der Waals surface area (Å²) < 4.78 is 0. The molecule has 1 fully saturated rings. The zero-order chi connectivity index (χ0) is 12.5. The van der Waals surface area contributed by atoms with Crippen LogP contribution in [0.2, 0.25) is 10.2 Å². The van der Waals surface area contributed by atoms with Crippen molar-refractivity contribution in [1.82, 2.24) is 9.88 Å². The van der Waals surface area contributed by atoms with E-state index in [2.05, 4.69) is 16.8 Å². The zero-order valence-corrected chi connectivity index (χ0v) is 11.3. The highest BCUT2D eigenvalue weighted by Gasteiger charge is 2.39. The van der Waals surface area contributed by atoms with Crippen LogP contribution < -0.4 is 0 Å². The van der Waals surface area contributed by atoms with Gasteiger partial charge in [-0.1, -0.05) is 36.5 Å². The molecule has 1 saturated heterocycles. The molecule has 0 amide bonds. The molecule has 0 aromatic carbocycles. The Kier molecular flexibility index (Phi) is 3.93. The average Bonchev–Trinajstić information content (AvgIpc) is 2.20. The summed E-state index contributed by atoms with van der Waals surface area (Å²) in [5.74, 6) is 0. The molecule has 0 radical (unpaired) electrons. The van der Waals surface area contributed by atoms with Gasteiger partial charge in [-0.25, -0.2) is 4.98 Å². The minimum atomic E-state index is -0.499. The topological polar surface area (TPSA) is 36.4 Å². The van der Waals surface area contributed by atoms with Crippen molar-refractivity contribution in [2.24, 2.45) is 0 Å². The number of pyridine rings is 1. The number of aliphatic hydroxyl groups is 1. The van der Waals surface area contributed by atoms with Crippen LogP contribution in [0.3, 0.4) is 0 Å². The van der Waals surface area contributed by atoms with Crippen LogP contribution in [-0.2, 0) is 6.54 Å². The van der Waals surface area contributed by atoms with E-state index < -0.39 is 5.60 Å². The van der Waals surface area contributed by atoms with E-state index in [4.69, 9.17) is 23.2 Å². The Morgan fingerprint density at radius 2 is 2.18 bits per heavy atom. The molecule has 94 valence electrons. The van der Waals surface area contributed by atoms with Crippen molar-refractivity contribution in [3.8, 4) is 0 Å². The normalized spacial score (nSPS) is 19.1. The number of aromatic nitrogens is 1. The van der Waals surface area contributed by atoms with Crippen molar-refractivity contribution < 1.29 is 5.11 Å². The van der Waals surface area contributed by atoms with Gasteiger partial charge in [0.25, 0.3) is 0 Å². The van der Waals surface area contributed by atoms with Crippen molar-refractivity contribution in [1.29, 1.82) is 0 Å². The standard InChI is InChI=1S/C12H16Cl2N2O/c1-2-3-12(17)7-16(8-12)6-9-5-15-11(14)4-10(9)13/h4-5,17H,2-3,6-8H2,1H3. The highest BCUT2D eigenvalue weighted by Crippen LogP contribution is 2.29. The number of hydrogen-bond acceptors (Lipinski definition) is 3. The van der Waals surface area contributed by atoms with Gasteiger partial charge in [0.05, 0.1) is 5.60 Å². The van der Waals surface area contributed by atoms with Crippen molar-refractivity contribution in [2.45, 2.75) is 31.9 Å². The summed E-state index contributed by atoms with van der Waals surface area (Å²) in [6, 6.07) is 1.65. The fourth-order valence-electron chi connectivity index (χ4n) is 2.31. The molecule has 5 heteroatoms. The summed E-state index contributed by atoms with van der Waals surface area (Å²) >= 11 is 11.8. The number of β-amino-alcohol motifs (C(OH)–C–C–N with tert-alkyl or cyclic N) is 1. The van der Waals surface area contributed by atoms with Gasteiger partial charge in [0.15, 0.2) is 0 Å². The first-order valence-electron chi connectivity index (χ1n) is 5.77. The van der Waals surface area contributed by atoms with Crippen molar-refractivity contribution >= 4 is 23.2 Å². The fourth-order valence-corrected chi connectivity index (χ4v) is 2.74. The second-order valence-corrected chi connectivity index (χ2v) is 5.51. The molecule has 1 N–H and O–H groups in total. The van der Waals surface area contributed by atoms with E-state index in [-0.39, 0.29) is 0 Å². The van der Waals surface area contributed by atoms with E-state index >= 15 is 0 Å². The molecule has 0 aliphatic carbocycles. The van der Waals surface area contributed by atoms with Gasteiger partial charge in [-0.3, -0.25) is 4.90 Å². The quantitative estimate of drug-likeness (QED) is 0.858. The SMILES string of the molecule is CCCC1(O)CN(Cc2cnc(Cl)cc2Cl)C1. The number of hydrogen-bond donors (Lipinski definition) is 1. The van der Waals surface area contributed by atoms with Crippen LogP contribution in [0.1, 0.15) is 25.3 Å². The smallest absolute Gasteiger partial charge is 0.130 e. The van der Waals surface area contributed by atoms with Crippen LogP contribution in [0, 0.1) is 0 Å². The Labute approximate surface area is 111 Å². The van der Waals surface area contributed by atoms with Gasteiger partial charge in [0, 0.05) is 36.4 Å². The molecule has 2 rings (SSSR count). The lowest BCUT2D eigenvalue weighted by Gasteiger charge is -2.46. The average molecular weight is 275 g/mol. The fraction of sp³-hybridized carbons (Fsp3) is 0.583. The van der Waals surface area contributed by atoms with Gasteiger partial charge in [0.2, 0.25) is 0 Å². The molecule has 1 aromatic heterocycles. The Morgan fingerprint density at radius 1 is 1.47 bits per heavy atom. The number of rotatable bonds is 4. The summed E-state index contributed by atoms with van der Waals surface area (Å²) in [5, 5.41) is 11.1. The predicted molar refractivity (Wildman–Crippen MR) is 69.4 cm³/mol. The van der Waals surface area contributed by atoms with E-state index in [1.165, 1.54) is 0 Å². The van der Waals surface area contributed by atoms with Crippen LogP contribution in [0.15, 0.2) is 12.3 Å². The van der Waals surface area contributed by atoms with E-state index in [0.717, 1.165) is 24.9 Å². The molecule has 0 atom stereocenters. The van der Waals surface area contributed by atoms with Crippen molar-refractivity contribution in [2.75, 3.05) is 13.1 Å². The monoisotopic (exact) mass is 274 g/mol. The van der Waals surface area contributed by atoms with E-state index in [0.29, 0.717) is 23.3 Å². The lowest BCUT2D eigenvalue weighted by atomic mass is 9.89. The van der Waals surface area contributed by atoms with Gasteiger partial charge in [-0.2, -0.15) is 0 Å². The molecular formula is C12H16Cl2N2O. The minimum Gasteiger partial charge on any atom is -0.387 e. The van der Waals surface area contributed by atoms with Gasteiger partial charge in [-0.05, 0) is 12.5 Å². The Hall–Kier alpha value is -0.350. The minimum absolute atomic E-state index is 0.407. The van der Waals surface area contributed by atoms with Crippen molar-refractivity contribution in [3.05, 3.63) is 28.0 Å². The first-order valence-corrected chi connectivity index (χ1v) is 6.53. The lowest BCUT2D eigenvalue weighted by Crippen LogP contribution is -2.60. The van der Waals surface area contributed by atoms with Crippen LogP contribution >= 0.6 is 23.2 Å². The predicted octanol–water partition coefficient (Wildman–Crippen LogP) is 2.74. The molecule has 3 nitrogen and oxygen atoms in total. The molecule has 1 aliphatic rings. The van der Waals surface area contributed by atoms with Crippen molar-refractivity contribution in [3.63, 3.8) is 0 Å². The maximum absolute atomic E-state index is 10.1. The molecule has 0 unspecified atom stereocenters. The van der Waals surface area contributed by atoms with Gasteiger partial charge in [-0.15, -0.1) is 0 Å². The Bertz CT molecular complexity index is 405. The molecule has 0 saturated carbocycles. The molecule has 1 aromatic rings. The van der Waals surface area contributed by atoms with E-state index in [1.54, 1.807) is 12.3 Å². The Morgan fingerprint density at radius 3 is 2.76 bits per heavy atom. The first-order chi connectivity index (χ1) is 8.02. The summed E-state index contributed by atoms with van der Waals surface area (Å²) in [6.45, 7) is 4.22.